The smallest absolute Gasteiger partial charge is 0.254 e. The van der Waals surface area contributed by atoms with Crippen LogP contribution in [0.3, 0.4) is 0 Å². The highest BCUT2D eigenvalue weighted by Gasteiger charge is 2.26. The van der Waals surface area contributed by atoms with E-state index in [1.165, 1.54) is 5.56 Å². The third-order valence-corrected chi connectivity index (χ3v) is 5.79. The van der Waals surface area contributed by atoms with Crippen molar-refractivity contribution in [3.63, 3.8) is 0 Å². The molecule has 3 rings (SSSR count). The minimum atomic E-state index is 0.0415. The summed E-state index contributed by atoms with van der Waals surface area (Å²) in [5.74, 6) is 0.140. The Morgan fingerprint density at radius 3 is 2.20 bits per heavy atom. The van der Waals surface area contributed by atoms with Gasteiger partial charge in [-0.1, -0.05) is 6.07 Å². The van der Waals surface area contributed by atoms with Crippen LogP contribution in [0.2, 0.25) is 0 Å². The molecule has 160 valence electrons. The summed E-state index contributed by atoms with van der Waals surface area (Å²) in [6, 6.07) is 9.68. The number of ether oxygens (including phenoxy) is 1. The number of benzene rings is 2. The molecule has 1 amide bonds. The van der Waals surface area contributed by atoms with Crippen molar-refractivity contribution in [1.29, 1.82) is 0 Å². The highest BCUT2D eigenvalue weighted by Crippen LogP contribution is 2.24. The molecule has 1 aliphatic rings. The van der Waals surface area contributed by atoms with Gasteiger partial charge in [-0.15, -0.1) is 0 Å². The lowest BCUT2D eigenvalue weighted by atomic mass is 9.91. The lowest BCUT2D eigenvalue weighted by Gasteiger charge is -2.35. The molecule has 1 saturated heterocycles. The lowest BCUT2D eigenvalue weighted by molar-refractivity contribution is -0.0586. The molecule has 0 spiro atoms. The maximum Gasteiger partial charge on any atom is 0.254 e. The number of nitrogens with zero attached hydrogens (tertiary/aromatic N) is 1. The van der Waals surface area contributed by atoms with Crippen molar-refractivity contribution in [2.24, 2.45) is 0 Å². The molecule has 0 saturated carbocycles. The van der Waals surface area contributed by atoms with Gasteiger partial charge in [-0.2, -0.15) is 0 Å². The fourth-order valence-corrected chi connectivity index (χ4v) is 4.49. The van der Waals surface area contributed by atoms with Gasteiger partial charge in [0.25, 0.3) is 5.91 Å². The summed E-state index contributed by atoms with van der Waals surface area (Å²) in [4.78, 5) is 26.7. The van der Waals surface area contributed by atoms with Crippen molar-refractivity contribution in [2.75, 3.05) is 18.4 Å². The number of anilines is 1. The Labute approximate surface area is 179 Å². The lowest BCUT2D eigenvalue weighted by Crippen LogP contribution is -2.48. The molecule has 0 radical (unpaired) electrons. The van der Waals surface area contributed by atoms with Crippen LogP contribution < -0.4 is 5.32 Å². The third kappa shape index (κ3) is 4.73. The maximum atomic E-state index is 12.8. The van der Waals surface area contributed by atoms with Gasteiger partial charge in [0.2, 0.25) is 0 Å². The van der Waals surface area contributed by atoms with Crippen LogP contribution >= 0.6 is 0 Å². The van der Waals surface area contributed by atoms with Crippen LogP contribution in [-0.2, 0) is 11.3 Å². The molecule has 2 atom stereocenters. The van der Waals surface area contributed by atoms with Gasteiger partial charge in [0, 0.05) is 36.4 Å². The maximum absolute atomic E-state index is 12.8. The van der Waals surface area contributed by atoms with Crippen molar-refractivity contribution in [3.8, 4) is 0 Å². The molecule has 1 fully saturated rings. The van der Waals surface area contributed by atoms with Crippen molar-refractivity contribution >= 4 is 17.4 Å². The fourth-order valence-electron chi connectivity index (χ4n) is 4.49. The zero-order valence-electron chi connectivity index (χ0n) is 18.8. The summed E-state index contributed by atoms with van der Waals surface area (Å²) in [7, 11) is 0. The first kappa shape index (κ1) is 22.0. The van der Waals surface area contributed by atoms with Gasteiger partial charge in [0.1, 0.15) is 0 Å². The number of nitrogens with one attached hydrogen (secondary N) is 1. The van der Waals surface area contributed by atoms with Crippen molar-refractivity contribution in [3.05, 3.63) is 63.7 Å². The number of morpholine rings is 1. The van der Waals surface area contributed by atoms with E-state index in [4.69, 9.17) is 4.74 Å². The molecule has 30 heavy (non-hydrogen) atoms. The molecule has 1 N–H and O–H groups in total. The van der Waals surface area contributed by atoms with Gasteiger partial charge >= 0.3 is 0 Å². The van der Waals surface area contributed by atoms with Crippen LogP contribution in [0.4, 0.5) is 5.69 Å². The minimum absolute atomic E-state index is 0.0415. The molecule has 1 aliphatic heterocycles. The van der Waals surface area contributed by atoms with Gasteiger partial charge in [-0.05, 0) is 88.1 Å². The van der Waals surface area contributed by atoms with Crippen LogP contribution in [0, 0.1) is 20.8 Å². The highest BCUT2D eigenvalue weighted by atomic mass is 16.5. The average Bonchev–Trinajstić information content (AvgIpc) is 2.66. The second kappa shape index (κ2) is 9.00. The summed E-state index contributed by atoms with van der Waals surface area (Å²) in [5.41, 5.74) is 6.81. The number of amides is 1. The molecule has 0 bridgehead atoms. The summed E-state index contributed by atoms with van der Waals surface area (Å²) in [6.45, 7) is 13.6. The van der Waals surface area contributed by atoms with Crippen LogP contribution in [0.25, 0.3) is 0 Å². The quantitative estimate of drug-likeness (QED) is 0.730. The number of carbonyl (C=O) groups is 2. The monoisotopic (exact) mass is 408 g/mol. The van der Waals surface area contributed by atoms with Crippen LogP contribution in [-0.4, -0.2) is 41.9 Å². The second-order valence-electron chi connectivity index (χ2n) is 8.44. The van der Waals surface area contributed by atoms with E-state index in [-0.39, 0.29) is 23.9 Å². The normalized spacial score (nSPS) is 18.9. The summed E-state index contributed by atoms with van der Waals surface area (Å²) < 4.78 is 5.72. The van der Waals surface area contributed by atoms with Gasteiger partial charge in [0.05, 0.1) is 12.2 Å². The number of carbonyl (C=O) groups excluding carboxylic acids is 2. The largest absolute Gasteiger partial charge is 0.381 e. The van der Waals surface area contributed by atoms with Crippen LogP contribution in [0.1, 0.15) is 63.7 Å². The molecule has 2 unspecified atom stereocenters. The van der Waals surface area contributed by atoms with E-state index in [1.807, 2.05) is 56.9 Å². The van der Waals surface area contributed by atoms with Gasteiger partial charge < -0.3 is 15.0 Å². The highest BCUT2D eigenvalue weighted by molar-refractivity contribution is 5.97. The third-order valence-electron chi connectivity index (χ3n) is 5.79. The average molecular weight is 409 g/mol. The minimum Gasteiger partial charge on any atom is -0.381 e. The first-order valence-electron chi connectivity index (χ1n) is 10.6. The van der Waals surface area contributed by atoms with E-state index in [9.17, 15) is 9.59 Å². The topological polar surface area (TPSA) is 58.6 Å². The van der Waals surface area contributed by atoms with Crippen molar-refractivity contribution < 1.29 is 14.3 Å². The van der Waals surface area contributed by atoms with E-state index in [0.717, 1.165) is 27.9 Å². The Bertz CT molecular complexity index is 940. The predicted molar refractivity (Wildman–Crippen MR) is 120 cm³/mol. The summed E-state index contributed by atoms with van der Waals surface area (Å²) >= 11 is 0. The van der Waals surface area contributed by atoms with E-state index < -0.39 is 0 Å². The molecule has 5 nitrogen and oxygen atoms in total. The molecule has 0 aromatic heterocycles. The first-order valence-corrected chi connectivity index (χ1v) is 10.6. The molecule has 2 aromatic carbocycles. The first-order chi connectivity index (χ1) is 14.2. The Kier molecular flexibility index (Phi) is 6.61. The van der Waals surface area contributed by atoms with Gasteiger partial charge in [-0.25, -0.2) is 0 Å². The Hall–Kier alpha value is -2.66. The second-order valence-corrected chi connectivity index (χ2v) is 8.44. The molecule has 5 heteroatoms. The Morgan fingerprint density at radius 2 is 1.63 bits per heavy atom. The Balaban J connectivity index is 1.71. The van der Waals surface area contributed by atoms with Crippen molar-refractivity contribution in [2.45, 2.75) is 60.3 Å². The van der Waals surface area contributed by atoms with Gasteiger partial charge in [-0.3, -0.25) is 9.59 Å². The van der Waals surface area contributed by atoms with Gasteiger partial charge in [0.15, 0.2) is 5.78 Å². The van der Waals surface area contributed by atoms with E-state index in [2.05, 4.69) is 18.3 Å². The van der Waals surface area contributed by atoms with E-state index in [0.29, 0.717) is 25.2 Å². The fraction of sp³-hybridized carbons (Fsp3) is 0.440. The molecule has 1 heterocycles. The number of hydrogen-bond acceptors (Lipinski definition) is 4. The van der Waals surface area contributed by atoms with Crippen LogP contribution in [0.15, 0.2) is 30.3 Å². The predicted octanol–water partition coefficient (Wildman–Crippen LogP) is 4.68. The Morgan fingerprint density at radius 1 is 1.03 bits per heavy atom. The number of rotatable bonds is 5. The van der Waals surface area contributed by atoms with E-state index in [1.54, 1.807) is 6.92 Å². The molecule has 0 aliphatic carbocycles. The molecular weight excluding hydrogens is 376 g/mol. The SMILES string of the molecule is CC(=O)c1c(C)cc(C)c(CNc2ccc(C(=O)N3CC(C)OC(C)C3)cc2)c1C. The zero-order valence-corrected chi connectivity index (χ0v) is 18.8. The zero-order chi connectivity index (χ0) is 22.0. The number of aryl methyl sites for hydroxylation is 2. The number of hydrogen-bond donors (Lipinski definition) is 1. The number of Topliss-reactive ketones (excluding diaryl/α,β-unsaturated/α-hetero) is 1. The van der Waals surface area contributed by atoms with Crippen molar-refractivity contribution in [1.82, 2.24) is 4.90 Å². The molecular formula is C25H32N2O3. The molecule has 2 aromatic rings. The summed E-state index contributed by atoms with van der Waals surface area (Å²) in [5, 5.41) is 3.43. The number of ketones is 1. The van der Waals surface area contributed by atoms with E-state index >= 15 is 0 Å². The standard InChI is InChI=1S/C25H32N2O3/c1-15-11-16(2)24(20(6)28)19(5)23(15)12-26-22-9-7-21(8-10-22)25(29)27-13-17(3)30-18(4)14-27/h7-11,17-18,26H,12-14H2,1-6H3. The summed E-state index contributed by atoms with van der Waals surface area (Å²) in [6.07, 6.45) is 0.110. The van der Waals surface area contributed by atoms with Crippen LogP contribution in [0.5, 0.6) is 0 Å².